The molecule has 0 radical (unpaired) electrons. The lowest BCUT2D eigenvalue weighted by molar-refractivity contribution is -0.117. The van der Waals surface area contributed by atoms with E-state index in [-0.39, 0.29) is 11.6 Å². The second kappa shape index (κ2) is 8.52. The maximum Gasteiger partial charge on any atom is 0.350 e. The predicted molar refractivity (Wildman–Crippen MR) is 117 cm³/mol. The van der Waals surface area contributed by atoms with Gasteiger partial charge >= 0.3 is 5.69 Å². The van der Waals surface area contributed by atoms with Crippen LogP contribution in [0.15, 0.2) is 63.5 Å². The number of rotatable bonds is 5. The third-order valence-electron chi connectivity index (χ3n) is 4.50. The molecule has 0 saturated carbocycles. The molecule has 4 rings (SSSR count). The van der Waals surface area contributed by atoms with Gasteiger partial charge in [-0.1, -0.05) is 41.1 Å². The van der Waals surface area contributed by atoms with Crippen molar-refractivity contribution in [3.8, 4) is 0 Å². The molecule has 0 aliphatic heterocycles. The van der Waals surface area contributed by atoms with E-state index in [4.69, 9.17) is 11.6 Å². The first-order valence-electron chi connectivity index (χ1n) is 9.26. The Morgan fingerprint density at radius 1 is 1.23 bits per heavy atom. The van der Waals surface area contributed by atoms with E-state index in [1.165, 1.54) is 40.7 Å². The molecule has 2 heterocycles. The highest BCUT2D eigenvalue weighted by Crippen LogP contribution is 2.31. The smallest absolute Gasteiger partial charge is 0.324 e. The minimum atomic E-state index is -0.586. The van der Waals surface area contributed by atoms with Gasteiger partial charge in [0.2, 0.25) is 5.91 Å². The number of benzene rings is 2. The van der Waals surface area contributed by atoms with Crippen LogP contribution in [0.4, 0.5) is 10.1 Å². The molecule has 0 bridgehead atoms. The van der Waals surface area contributed by atoms with Crippen LogP contribution in [0.25, 0.3) is 5.65 Å². The molecule has 0 atom stereocenters. The van der Waals surface area contributed by atoms with Crippen molar-refractivity contribution in [2.24, 2.45) is 0 Å². The van der Waals surface area contributed by atoms with E-state index in [1.54, 1.807) is 0 Å². The van der Waals surface area contributed by atoms with Crippen LogP contribution in [-0.2, 0) is 11.3 Å². The maximum atomic E-state index is 13.3. The fourth-order valence-corrected chi connectivity index (χ4v) is 4.12. The fraction of sp³-hybridized carbons (Fsp3) is 0.143. The van der Waals surface area contributed by atoms with Crippen molar-refractivity contribution in [3.63, 3.8) is 0 Å². The SMILES string of the molecule is Cc1ccc(Sc2nccn3c(=O)n(CC(=O)Nc4ccc(F)c(Cl)c4)nc23)c(C)c1. The van der Waals surface area contributed by atoms with Crippen LogP contribution in [0.5, 0.6) is 0 Å². The molecule has 2 aromatic carbocycles. The molecule has 0 spiro atoms. The van der Waals surface area contributed by atoms with Gasteiger partial charge in [0.25, 0.3) is 0 Å². The Labute approximate surface area is 185 Å². The molecule has 4 aromatic rings. The average molecular weight is 458 g/mol. The average Bonchev–Trinajstić information content (AvgIpc) is 3.03. The van der Waals surface area contributed by atoms with Crippen LogP contribution < -0.4 is 11.0 Å². The maximum absolute atomic E-state index is 13.3. The minimum absolute atomic E-state index is 0.109. The molecular formula is C21H17ClFN5O2S. The van der Waals surface area contributed by atoms with Crippen molar-refractivity contribution in [1.82, 2.24) is 19.2 Å². The summed E-state index contributed by atoms with van der Waals surface area (Å²) in [4.78, 5) is 30.4. The third kappa shape index (κ3) is 4.47. The molecule has 0 unspecified atom stereocenters. The van der Waals surface area contributed by atoms with Gasteiger partial charge in [0.05, 0.1) is 5.02 Å². The Hall–Kier alpha value is -3.17. The monoisotopic (exact) mass is 457 g/mol. The normalized spacial score (nSPS) is 11.1. The second-order valence-electron chi connectivity index (χ2n) is 6.91. The molecule has 158 valence electrons. The van der Waals surface area contributed by atoms with Gasteiger partial charge in [-0.05, 0) is 43.7 Å². The molecule has 1 N–H and O–H groups in total. The van der Waals surface area contributed by atoms with Crippen LogP contribution in [0.2, 0.25) is 5.02 Å². The predicted octanol–water partition coefficient (Wildman–Crippen LogP) is 4.09. The number of hydrogen-bond acceptors (Lipinski definition) is 5. The van der Waals surface area contributed by atoms with Crippen LogP contribution >= 0.6 is 23.4 Å². The Morgan fingerprint density at radius 3 is 2.77 bits per heavy atom. The lowest BCUT2D eigenvalue weighted by atomic mass is 10.2. The molecule has 0 aliphatic rings. The Bertz CT molecular complexity index is 1370. The molecule has 10 heteroatoms. The molecule has 0 saturated heterocycles. The van der Waals surface area contributed by atoms with Crippen LogP contribution in [-0.4, -0.2) is 25.1 Å². The van der Waals surface area contributed by atoms with Gasteiger partial charge in [-0.2, -0.15) is 0 Å². The fourth-order valence-electron chi connectivity index (χ4n) is 3.03. The first-order valence-corrected chi connectivity index (χ1v) is 10.5. The quantitative estimate of drug-likeness (QED) is 0.488. The van der Waals surface area contributed by atoms with Crippen LogP contribution in [0.3, 0.4) is 0 Å². The van der Waals surface area contributed by atoms with Gasteiger partial charge in [0.15, 0.2) is 5.65 Å². The van der Waals surface area contributed by atoms with Crippen molar-refractivity contribution in [2.75, 3.05) is 5.32 Å². The molecule has 1 amide bonds. The van der Waals surface area contributed by atoms with Crippen molar-refractivity contribution in [3.05, 3.63) is 81.2 Å². The summed E-state index contributed by atoms with van der Waals surface area (Å²) in [6, 6.07) is 9.90. The van der Waals surface area contributed by atoms with Gasteiger partial charge in [-0.3, -0.25) is 4.79 Å². The molecule has 7 nitrogen and oxygen atoms in total. The molecule has 2 aromatic heterocycles. The lowest BCUT2D eigenvalue weighted by Crippen LogP contribution is -2.28. The van der Waals surface area contributed by atoms with E-state index in [2.05, 4.69) is 21.5 Å². The largest absolute Gasteiger partial charge is 0.350 e. The number of fused-ring (bicyclic) bond motifs is 1. The summed E-state index contributed by atoms with van der Waals surface area (Å²) < 4.78 is 15.7. The summed E-state index contributed by atoms with van der Waals surface area (Å²) in [6.07, 6.45) is 3.03. The number of halogens is 2. The third-order valence-corrected chi connectivity index (χ3v) is 5.95. The molecule has 31 heavy (non-hydrogen) atoms. The van der Waals surface area contributed by atoms with E-state index < -0.39 is 17.4 Å². The van der Waals surface area contributed by atoms with E-state index in [1.807, 2.05) is 26.0 Å². The number of carbonyl (C=O) groups is 1. The van der Waals surface area contributed by atoms with E-state index in [0.29, 0.717) is 16.4 Å². The Kier molecular flexibility index (Phi) is 5.79. The zero-order chi connectivity index (χ0) is 22.1. The number of hydrogen-bond donors (Lipinski definition) is 1. The highest BCUT2D eigenvalue weighted by molar-refractivity contribution is 7.99. The Morgan fingerprint density at radius 2 is 2.03 bits per heavy atom. The van der Waals surface area contributed by atoms with Gasteiger partial charge in [0.1, 0.15) is 17.4 Å². The number of aryl methyl sites for hydroxylation is 2. The van der Waals surface area contributed by atoms with Gasteiger partial charge in [-0.15, -0.1) is 5.10 Å². The van der Waals surface area contributed by atoms with Crippen molar-refractivity contribution >= 4 is 40.6 Å². The summed E-state index contributed by atoms with van der Waals surface area (Å²) in [7, 11) is 0. The van der Waals surface area contributed by atoms with Gasteiger partial charge in [-0.25, -0.2) is 23.3 Å². The number of amides is 1. The summed E-state index contributed by atoms with van der Waals surface area (Å²) in [5.74, 6) is -1.08. The zero-order valence-corrected chi connectivity index (χ0v) is 18.2. The standard InChI is InChI=1S/C21H17ClFN5O2S/c1-12-3-6-17(13(2)9-12)31-20-19-26-28(21(30)27(19)8-7-24-20)11-18(29)25-14-4-5-16(23)15(22)10-14/h3-10H,11H2,1-2H3,(H,25,29). The highest BCUT2D eigenvalue weighted by Gasteiger charge is 2.16. The molecule has 0 fully saturated rings. The summed E-state index contributed by atoms with van der Waals surface area (Å²) in [5.41, 5.74) is 2.46. The van der Waals surface area contributed by atoms with E-state index in [0.717, 1.165) is 26.8 Å². The number of nitrogens with one attached hydrogen (secondary N) is 1. The first kappa shape index (κ1) is 21.1. The van der Waals surface area contributed by atoms with Crippen molar-refractivity contribution in [1.29, 1.82) is 0 Å². The van der Waals surface area contributed by atoms with Crippen LogP contribution in [0.1, 0.15) is 11.1 Å². The molecular weight excluding hydrogens is 441 g/mol. The number of carbonyl (C=O) groups excluding carboxylic acids is 1. The topological polar surface area (TPSA) is 81.3 Å². The highest BCUT2D eigenvalue weighted by atomic mass is 35.5. The van der Waals surface area contributed by atoms with Gasteiger partial charge < -0.3 is 5.32 Å². The zero-order valence-electron chi connectivity index (χ0n) is 16.6. The summed E-state index contributed by atoms with van der Waals surface area (Å²) in [5, 5.41) is 7.33. The number of aromatic nitrogens is 4. The van der Waals surface area contributed by atoms with E-state index in [9.17, 15) is 14.0 Å². The van der Waals surface area contributed by atoms with Crippen molar-refractivity contribution in [2.45, 2.75) is 30.3 Å². The number of anilines is 1. The Balaban J connectivity index is 1.60. The van der Waals surface area contributed by atoms with Crippen LogP contribution in [0, 0.1) is 19.7 Å². The minimum Gasteiger partial charge on any atom is -0.324 e. The second-order valence-corrected chi connectivity index (χ2v) is 8.35. The van der Waals surface area contributed by atoms with Crippen molar-refractivity contribution < 1.29 is 9.18 Å². The van der Waals surface area contributed by atoms with E-state index >= 15 is 0 Å². The van der Waals surface area contributed by atoms with Gasteiger partial charge in [0, 0.05) is 23.0 Å². The number of nitrogens with zero attached hydrogens (tertiary/aromatic N) is 4. The summed E-state index contributed by atoms with van der Waals surface area (Å²) >= 11 is 7.13. The summed E-state index contributed by atoms with van der Waals surface area (Å²) in [6.45, 7) is 3.71. The lowest BCUT2D eigenvalue weighted by Gasteiger charge is -2.06. The first-order chi connectivity index (χ1) is 14.8. The molecule has 0 aliphatic carbocycles.